The molecule has 136 valence electrons. The van der Waals surface area contributed by atoms with E-state index in [1.807, 2.05) is 0 Å². The van der Waals surface area contributed by atoms with Gasteiger partial charge in [0, 0.05) is 33.9 Å². The molecule has 4 unspecified atom stereocenters. The predicted octanol–water partition coefficient (Wildman–Crippen LogP) is 1.58. The molecule has 25 heavy (non-hydrogen) atoms. The van der Waals surface area contributed by atoms with Gasteiger partial charge in [0.2, 0.25) is 0 Å². The fraction of sp³-hybridized carbons (Fsp3) is 0.333. The lowest BCUT2D eigenvalue weighted by Gasteiger charge is -2.30. The van der Waals surface area contributed by atoms with Gasteiger partial charge in [-0.05, 0) is 38.1 Å². The van der Waals surface area contributed by atoms with Crippen LogP contribution in [-0.4, -0.2) is 22.4 Å². The second kappa shape index (κ2) is 7.60. The average Bonchev–Trinajstić information content (AvgIpc) is 2.50. The van der Waals surface area contributed by atoms with Gasteiger partial charge in [-0.3, -0.25) is 0 Å². The molecule has 0 bridgehead atoms. The Bertz CT molecular complexity index is 673. The largest absolute Gasteiger partial charge is 0.399 e. The summed E-state index contributed by atoms with van der Waals surface area (Å²) in [5, 5.41) is 20.4. The van der Waals surface area contributed by atoms with Crippen molar-refractivity contribution in [3.05, 3.63) is 47.5 Å². The van der Waals surface area contributed by atoms with E-state index in [2.05, 4.69) is 0 Å². The number of hydrogen-bond donors (Lipinski definition) is 6. The van der Waals surface area contributed by atoms with Crippen molar-refractivity contribution in [1.29, 1.82) is 0 Å². The zero-order valence-electron chi connectivity index (χ0n) is 14.4. The second-order valence-corrected chi connectivity index (χ2v) is 6.24. The Morgan fingerprint density at radius 2 is 1.08 bits per heavy atom. The first kappa shape index (κ1) is 18.9. The van der Waals surface area contributed by atoms with Crippen LogP contribution in [0.2, 0.25) is 0 Å². The molecule has 0 fully saturated rings. The predicted molar refractivity (Wildman–Crippen MR) is 100 cm³/mol. The van der Waals surface area contributed by atoms with E-state index in [1.165, 1.54) is 0 Å². The first-order valence-corrected chi connectivity index (χ1v) is 8.02. The number of aliphatic hydroxyl groups excluding tert-OH is 2. The molecule has 2 aromatic rings. The molecule has 0 aliphatic carbocycles. The lowest BCUT2D eigenvalue weighted by Crippen LogP contribution is -2.27. The maximum absolute atomic E-state index is 10.2. The van der Waals surface area contributed by atoms with Crippen molar-refractivity contribution in [2.75, 3.05) is 22.9 Å². The van der Waals surface area contributed by atoms with Crippen LogP contribution in [0.3, 0.4) is 0 Å². The van der Waals surface area contributed by atoms with E-state index in [-0.39, 0.29) is 0 Å². The maximum atomic E-state index is 10.2. The number of aliphatic hydroxyl groups is 2. The van der Waals surface area contributed by atoms with Crippen LogP contribution in [0.1, 0.15) is 37.2 Å². The van der Waals surface area contributed by atoms with E-state index in [9.17, 15) is 10.2 Å². The number of nitrogen functional groups attached to an aromatic ring is 4. The van der Waals surface area contributed by atoms with Crippen molar-refractivity contribution in [3.63, 3.8) is 0 Å². The van der Waals surface area contributed by atoms with Crippen molar-refractivity contribution in [2.24, 2.45) is 0 Å². The Hall–Kier alpha value is -2.48. The highest BCUT2D eigenvalue weighted by molar-refractivity contribution is 5.59. The number of benzene rings is 2. The Labute approximate surface area is 147 Å². The Morgan fingerprint density at radius 3 is 1.36 bits per heavy atom. The molecule has 2 rings (SSSR count). The molecule has 10 N–H and O–H groups in total. The van der Waals surface area contributed by atoms with Crippen molar-refractivity contribution >= 4 is 22.7 Å². The van der Waals surface area contributed by atoms with Gasteiger partial charge in [0.05, 0.1) is 12.2 Å². The van der Waals surface area contributed by atoms with Crippen LogP contribution in [0.5, 0.6) is 0 Å². The number of rotatable bonds is 6. The Kier molecular flexibility index (Phi) is 5.73. The summed E-state index contributed by atoms with van der Waals surface area (Å²) in [4.78, 5) is 0. The number of anilines is 4. The van der Waals surface area contributed by atoms with Gasteiger partial charge in [-0.1, -0.05) is 12.1 Å². The molecular formula is C18H26N4O3. The number of nitrogens with two attached hydrogens (primary N) is 4. The summed E-state index contributed by atoms with van der Waals surface area (Å²) in [7, 11) is 0. The summed E-state index contributed by atoms with van der Waals surface area (Å²) in [5.41, 5.74) is 26.5. The molecule has 0 spiro atoms. The van der Waals surface area contributed by atoms with E-state index in [4.69, 9.17) is 27.7 Å². The normalized spacial score (nSPS) is 16.2. The maximum Gasteiger partial charge on any atom is 0.111 e. The van der Waals surface area contributed by atoms with Crippen LogP contribution in [0, 0.1) is 0 Å². The van der Waals surface area contributed by atoms with Crippen LogP contribution in [-0.2, 0) is 4.74 Å². The van der Waals surface area contributed by atoms with E-state index in [1.54, 1.807) is 50.2 Å². The van der Waals surface area contributed by atoms with Crippen molar-refractivity contribution in [1.82, 2.24) is 0 Å². The molecule has 0 saturated heterocycles. The minimum Gasteiger partial charge on any atom is -0.399 e. The quantitative estimate of drug-likeness (QED) is 0.434. The van der Waals surface area contributed by atoms with Crippen molar-refractivity contribution in [3.8, 4) is 0 Å². The fourth-order valence-electron chi connectivity index (χ4n) is 2.76. The first-order chi connectivity index (χ1) is 11.7. The minimum atomic E-state index is -0.873. The molecule has 0 amide bonds. The highest BCUT2D eigenvalue weighted by Gasteiger charge is 2.29. The molecule has 0 aliphatic rings. The molecule has 0 heterocycles. The third kappa shape index (κ3) is 4.33. The summed E-state index contributed by atoms with van der Waals surface area (Å²) in [5.74, 6) is 0. The van der Waals surface area contributed by atoms with Gasteiger partial charge in [-0.2, -0.15) is 0 Å². The number of hydrogen-bond acceptors (Lipinski definition) is 7. The van der Waals surface area contributed by atoms with Gasteiger partial charge in [0.1, 0.15) is 12.2 Å². The molecule has 0 aromatic heterocycles. The Morgan fingerprint density at radius 1 is 0.720 bits per heavy atom. The smallest absolute Gasteiger partial charge is 0.111 e. The van der Waals surface area contributed by atoms with Crippen molar-refractivity contribution < 1.29 is 14.9 Å². The van der Waals surface area contributed by atoms with E-state index < -0.39 is 24.4 Å². The number of ether oxygens (including phenoxy) is 1. The molecule has 0 radical (unpaired) electrons. The third-order valence-electron chi connectivity index (χ3n) is 4.00. The summed E-state index contributed by atoms with van der Waals surface area (Å²) in [6, 6.07) is 9.96. The van der Waals surface area contributed by atoms with Crippen LogP contribution >= 0.6 is 0 Å². The van der Waals surface area contributed by atoms with Crippen LogP contribution in [0.15, 0.2) is 36.4 Å². The second-order valence-electron chi connectivity index (χ2n) is 6.24. The van der Waals surface area contributed by atoms with Crippen LogP contribution in [0.25, 0.3) is 0 Å². The summed E-state index contributed by atoms with van der Waals surface area (Å²) in [6.07, 6.45) is -3.28. The zero-order chi connectivity index (χ0) is 18.7. The van der Waals surface area contributed by atoms with Gasteiger partial charge in [0.25, 0.3) is 0 Å². The lowest BCUT2D eigenvalue weighted by atomic mass is 9.99. The summed E-state index contributed by atoms with van der Waals surface area (Å²) in [6.45, 7) is 3.18. The van der Waals surface area contributed by atoms with E-state index >= 15 is 0 Å². The highest BCUT2D eigenvalue weighted by Crippen LogP contribution is 2.36. The fourth-order valence-corrected chi connectivity index (χ4v) is 2.76. The molecule has 7 heteroatoms. The topological polar surface area (TPSA) is 154 Å². The third-order valence-corrected chi connectivity index (χ3v) is 4.00. The summed E-state index contributed by atoms with van der Waals surface area (Å²) >= 11 is 0. The van der Waals surface area contributed by atoms with Gasteiger partial charge < -0.3 is 37.9 Å². The standard InChI is InChI=1S/C18H26N4O3/c1-9(23)17(13-5-3-11(19)7-15(13)21)25-18(10(2)24)14-6-4-12(20)8-16(14)22/h3-10,17-18,23-24H,19-22H2,1-2H3. The van der Waals surface area contributed by atoms with Crippen LogP contribution in [0.4, 0.5) is 22.7 Å². The highest BCUT2D eigenvalue weighted by atomic mass is 16.5. The molecule has 0 aliphatic heterocycles. The Balaban J connectivity index is 2.40. The minimum absolute atomic E-state index is 0.403. The van der Waals surface area contributed by atoms with E-state index in [0.717, 1.165) is 0 Å². The average molecular weight is 346 g/mol. The molecule has 0 saturated carbocycles. The van der Waals surface area contributed by atoms with Gasteiger partial charge in [-0.15, -0.1) is 0 Å². The molecular weight excluding hydrogens is 320 g/mol. The summed E-state index contributed by atoms with van der Waals surface area (Å²) < 4.78 is 6.05. The monoisotopic (exact) mass is 346 g/mol. The zero-order valence-corrected chi connectivity index (χ0v) is 14.4. The molecule has 2 aromatic carbocycles. The van der Waals surface area contributed by atoms with E-state index in [0.29, 0.717) is 33.9 Å². The van der Waals surface area contributed by atoms with Gasteiger partial charge in [-0.25, -0.2) is 0 Å². The molecule has 7 nitrogen and oxygen atoms in total. The molecule has 4 atom stereocenters. The first-order valence-electron chi connectivity index (χ1n) is 8.02. The SMILES string of the molecule is CC(O)C(OC(c1ccc(N)cc1N)C(C)O)c1ccc(N)cc1N. The van der Waals surface area contributed by atoms with Crippen LogP contribution < -0.4 is 22.9 Å². The lowest BCUT2D eigenvalue weighted by molar-refractivity contribution is -0.112. The van der Waals surface area contributed by atoms with Crippen molar-refractivity contribution in [2.45, 2.75) is 38.3 Å². The van der Waals surface area contributed by atoms with Gasteiger partial charge in [0.15, 0.2) is 0 Å². The van der Waals surface area contributed by atoms with Gasteiger partial charge >= 0.3 is 0 Å².